The third-order valence-corrected chi connectivity index (χ3v) is 4.83. The van der Waals surface area contributed by atoms with Crippen molar-refractivity contribution in [1.82, 2.24) is 20.8 Å². The zero-order chi connectivity index (χ0) is 18.4. The number of imide groups is 1. The summed E-state index contributed by atoms with van der Waals surface area (Å²) >= 11 is 2.61. The highest BCUT2D eigenvalue weighted by Crippen LogP contribution is 2.30. The van der Waals surface area contributed by atoms with Gasteiger partial charge in [0, 0.05) is 11.2 Å². The fraction of sp³-hybridized carbons (Fsp3) is 0.375. The van der Waals surface area contributed by atoms with Crippen LogP contribution >= 0.6 is 23.1 Å². The van der Waals surface area contributed by atoms with Crippen molar-refractivity contribution < 1.29 is 9.59 Å². The highest BCUT2D eigenvalue weighted by molar-refractivity contribution is 8.02. The van der Waals surface area contributed by atoms with Gasteiger partial charge in [-0.25, -0.2) is 4.79 Å². The maximum Gasteiger partial charge on any atom is 0.321 e. The van der Waals surface area contributed by atoms with E-state index in [1.54, 1.807) is 6.92 Å². The summed E-state index contributed by atoms with van der Waals surface area (Å²) in [6.45, 7) is 7.25. The number of amides is 3. The molecule has 3 amide bonds. The number of nitrogens with zero attached hydrogens (tertiary/aromatic N) is 2. The molecule has 1 atom stereocenters. The van der Waals surface area contributed by atoms with Crippen LogP contribution in [0.3, 0.4) is 0 Å². The normalized spacial score (nSPS) is 12.3. The molecule has 0 saturated heterocycles. The molecular weight excluding hydrogens is 358 g/mol. The Morgan fingerprint density at radius 1 is 1.16 bits per heavy atom. The van der Waals surface area contributed by atoms with Crippen LogP contribution in [0, 0.1) is 0 Å². The molecule has 25 heavy (non-hydrogen) atoms. The van der Waals surface area contributed by atoms with Crippen molar-refractivity contribution in [1.29, 1.82) is 0 Å². The van der Waals surface area contributed by atoms with Gasteiger partial charge in [0.05, 0.1) is 5.25 Å². The standard InChI is InChI=1S/C16H21N5O2S2/c1-10(12(22)18-13(23)19-16(2,3)4)24-15-21-20-14(25-15)17-11-8-6-5-7-9-11/h5-10H,1-4H3,(H,17,20)(H2,18,19,22,23)/t10-/m0/s1. The van der Waals surface area contributed by atoms with Gasteiger partial charge in [0.1, 0.15) is 0 Å². The van der Waals surface area contributed by atoms with Crippen LogP contribution in [0.5, 0.6) is 0 Å². The lowest BCUT2D eigenvalue weighted by molar-refractivity contribution is -0.119. The summed E-state index contributed by atoms with van der Waals surface area (Å²) < 4.78 is 0.650. The van der Waals surface area contributed by atoms with Crippen LogP contribution in [0.4, 0.5) is 15.6 Å². The van der Waals surface area contributed by atoms with Gasteiger partial charge in [0.25, 0.3) is 0 Å². The third-order valence-electron chi connectivity index (χ3n) is 2.80. The summed E-state index contributed by atoms with van der Waals surface area (Å²) in [5, 5.41) is 16.5. The molecule has 1 aromatic carbocycles. The number of anilines is 2. The first-order valence-electron chi connectivity index (χ1n) is 7.68. The second kappa shape index (κ2) is 8.30. The van der Waals surface area contributed by atoms with Crippen molar-refractivity contribution in [2.45, 2.75) is 42.8 Å². The average Bonchev–Trinajstić information content (AvgIpc) is 2.93. The number of benzene rings is 1. The Morgan fingerprint density at radius 2 is 1.84 bits per heavy atom. The number of urea groups is 1. The minimum absolute atomic E-state index is 0.375. The molecule has 7 nitrogen and oxygen atoms in total. The molecule has 0 saturated carbocycles. The Balaban J connectivity index is 1.87. The predicted molar refractivity (Wildman–Crippen MR) is 101 cm³/mol. The first kappa shape index (κ1) is 19.2. The van der Waals surface area contributed by atoms with E-state index in [1.165, 1.54) is 23.1 Å². The number of para-hydroxylation sites is 1. The summed E-state index contributed by atoms with van der Waals surface area (Å²) in [6, 6.07) is 9.13. The van der Waals surface area contributed by atoms with Gasteiger partial charge in [-0.3, -0.25) is 10.1 Å². The summed E-state index contributed by atoms with van der Waals surface area (Å²) in [5.74, 6) is -0.375. The molecule has 0 aliphatic rings. The van der Waals surface area contributed by atoms with Crippen molar-refractivity contribution >= 4 is 45.9 Å². The number of nitrogens with one attached hydrogen (secondary N) is 3. The molecular formula is C16H21N5O2S2. The van der Waals surface area contributed by atoms with E-state index in [0.29, 0.717) is 9.47 Å². The lowest BCUT2D eigenvalue weighted by atomic mass is 10.1. The van der Waals surface area contributed by atoms with Crippen LogP contribution < -0.4 is 16.0 Å². The Kier molecular flexibility index (Phi) is 6.38. The monoisotopic (exact) mass is 379 g/mol. The molecule has 134 valence electrons. The van der Waals surface area contributed by atoms with Crippen molar-refractivity contribution in [2.24, 2.45) is 0 Å². The van der Waals surface area contributed by atoms with Crippen molar-refractivity contribution in [3.05, 3.63) is 30.3 Å². The van der Waals surface area contributed by atoms with Gasteiger partial charge in [-0.05, 0) is 39.8 Å². The molecule has 0 radical (unpaired) electrons. The fourth-order valence-electron chi connectivity index (χ4n) is 1.74. The summed E-state index contributed by atoms with van der Waals surface area (Å²) in [6.07, 6.45) is 0. The minimum Gasteiger partial charge on any atom is -0.333 e. The van der Waals surface area contributed by atoms with E-state index in [2.05, 4.69) is 26.1 Å². The van der Waals surface area contributed by atoms with Crippen molar-refractivity contribution in [3.63, 3.8) is 0 Å². The minimum atomic E-state index is -0.506. The molecule has 0 fully saturated rings. The highest BCUT2D eigenvalue weighted by Gasteiger charge is 2.21. The molecule has 0 aliphatic carbocycles. The Labute approximate surface area is 155 Å². The highest BCUT2D eigenvalue weighted by atomic mass is 32.2. The average molecular weight is 380 g/mol. The molecule has 0 aliphatic heterocycles. The van der Waals surface area contributed by atoms with Crippen molar-refractivity contribution in [2.75, 3.05) is 5.32 Å². The van der Waals surface area contributed by atoms with Gasteiger partial charge in [0.15, 0.2) is 4.34 Å². The summed E-state index contributed by atoms with van der Waals surface area (Å²) in [5.41, 5.74) is 0.512. The lowest BCUT2D eigenvalue weighted by Gasteiger charge is -2.20. The Hall–Kier alpha value is -2.13. The smallest absolute Gasteiger partial charge is 0.321 e. The van der Waals surface area contributed by atoms with Gasteiger partial charge in [-0.2, -0.15) is 0 Å². The van der Waals surface area contributed by atoms with Crippen LogP contribution in [0.25, 0.3) is 0 Å². The topological polar surface area (TPSA) is 96.0 Å². The number of carbonyl (C=O) groups excluding carboxylic acids is 2. The zero-order valence-electron chi connectivity index (χ0n) is 14.5. The largest absolute Gasteiger partial charge is 0.333 e. The maximum atomic E-state index is 12.1. The Bertz CT molecular complexity index is 728. The first-order chi connectivity index (χ1) is 11.7. The van der Waals surface area contributed by atoms with Crippen LogP contribution in [-0.4, -0.2) is 32.9 Å². The fourth-order valence-corrected chi connectivity index (χ4v) is 3.66. The zero-order valence-corrected chi connectivity index (χ0v) is 16.1. The van der Waals surface area contributed by atoms with Gasteiger partial charge < -0.3 is 10.6 Å². The SMILES string of the molecule is C[C@H](Sc1nnc(Nc2ccccc2)s1)C(=O)NC(=O)NC(C)(C)C. The lowest BCUT2D eigenvalue weighted by Crippen LogP contribution is -2.49. The second-order valence-corrected chi connectivity index (χ2v) is 8.88. The Morgan fingerprint density at radius 3 is 2.48 bits per heavy atom. The van der Waals surface area contributed by atoms with Gasteiger partial charge >= 0.3 is 6.03 Å². The van der Waals surface area contributed by atoms with Crippen LogP contribution in [-0.2, 0) is 4.79 Å². The van der Waals surface area contributed by atoms with E-state index in [0.717, 1.165) is 5.69 Å². The number of thioether (sulfide) groups is 1. The molecule has 9 heteroatoms. The predicted octanol–water partition coefficient (Wildman–Crippen LogP) is 3.39. The van der Waals surface area contributed by atoms with Crippen LogP contribution in [0.1, 0.15) is 27.7 Å². The molecule has 2 rings (SSSR count). The molecule has 0 spiro atoms. The number of aromatic nitrogens is 2. The van der Waals surface area contributed by atoms with Crippen LogP contribution in [0.15, 0.2) is 34.7 Å². The molecule has 0 bridgehead atoms. The number of hydrogen-bond donors (Lipinski definition) is 3. The third kappa shape index (κ3) is 6.71. The number of carbonyl (C=O) groups is 2. The molecule has 2 aromatic rings. The van der Waals surface area contributed by atoms with Gasteiger partial charge in [-0.1, -0.05) is 41.3 Å². The van der Waals surface area contributed by atoms with E-state index < -0.39 is 16.8 Å². The quantitative estimate of drug-likeness (QED) is 0.689. The molecule has 1 aromatic heterocycles. The molecule has 3 N–H and O–H groups in total. The van der Waals surface area contributed by atoms with E-state index in [4.69, 9.17) is 0 Å². The number of rotatable bonds is 5. The van der Waals surface area contributed by atoms with Crippen LogP contribution in [0.2, 0.25) is 0 Å². The van der Waals surface area contributed by atoms with E-state index in [1.807, 2.05) is 51.1 Å². The first-order valence-corrected chi connectivity index (χ1v) is 9.38. The van der Waals surface area contributed by atoms with Gasteiger partial charge in [0.2, 0.25) is 11.0 Å². The maximum absolute atomic E-state index is 12.1. The van der Waals surface area contributed by atoms with E-state index >= 15 is 0 Å². The summed E-state index contributed by atoms with van der Waals surface area (Å²) in [7, 11) is 0. The van der Waals surface area contributed by atoms with Gasteiger partial charge in [-0.15, -0.1) is 10.2 Å². The van der Waals surface area contributed by atoms with E-state index in [9.17, 15) is 9.59 Å². The molecule has 0 unspecified atom stereocenters. The summed E-state index contributed by atoms with van der Waals surface area (Å²) in [4.78, 5) is 23.8. The van der Waals surface area contributed by atoms with E-state index in [-0.39, 0.29) is 5.91 Å². The van der Waals surface area contributed by atoms with Crippen molar-refractivity contribution in [3.8, 4) is 0 Å². The second-order valence-electron chi connectivity index (χ2n) is 6.32. The number of hydrogen-bond acceptors (Lipinski definition) is 7. The molecule has 1 heterocycles.